The van der Waals surface area contributed by atoms with E-state index in [9.17, 15) is 4.79 Å². The van der Waals surface area contributed by atoms with Crippen LogP contribution in [0.25, 0.3) is 0 Å². The molecule has 4 heteroatoms. The molecule has 2 aromatic carbocycles. The summed E-state index contributed by atoms with van der Waals surface area (Å²) in [5, 5.41) is 0. The predicted molar refractivity (Wildman–Crippen MR) is 119 cm³/mol. The number of hydrogen-bond donors (Lipinski definition) is 0. The topological polar surface area (TPSA) is 44.1 Å². The van der Waals surface area contributed by atoms with Gasteiger partial charge >= 0.3 is 0 Å². The van der Waals surface area contributed by atoms with Gasteiger partial charge in [-0.25, -0.2) is 4.98 Å². The second kappa shape index (κ2) is 9.29. The number of Topliss-reactive ketones (excluding diaryl/α,β-unsaturated/α-hetero) is 1. The number of nitrogens with zero attached hydrogens (tertiary/aromatic N) is 2. The molecule has 0 saturated carbocycles. The Labute approximate surface area is 178 Å². The third-order valence-electron chi connectivity index (χ3n) is 6.26. The zero-order valence-electron chi connectivity index (χ0n) is 17.9. The van der Waals surface area contributed by atoms with E-state index in [4.69, 9.17) is 4.74 Å². The van der Waals surface area contributed by atoms with Crippen LogP contribution in [0.3, 0.4) is 0 Å². The molecule has 4 nitrogen and oxygen atoms in total. The number of benzene rings is 2. The zero-order chi connectivity index (χ0) is 20.9. The molecular weight excluding hydrogens is 372 g/mol. The summed E-state index contributed by atoms with van der Waals surface area (Å²) in [5.41, 5.74) is 4.56. The summed E-state index contributed by atoms with van der Waals surface area (Å²) in [7, 11) is 1.72. The van der Waals surface area contributed by atoms with Gasteiger partial charge in [-0.05, 0) is 60.9 Å². The average molecular weight is 403 g/mol. The number of fused-ring (bicyclic) bond motifs is 1. The summed E-state index contributed by atoms with van der Waals surface area (Å²) >= 11 is 0. The Morgan fingerprint density at radius 1 is 1.10 bits per heavy atom. The molecule has 0 fully saturated rings. The van der Waals surface area contributed by atoms with E-state index >= 15 is 0 Å². The van der Waals surface area contributed by atoms with Crippen molar-refractivity contribution in [1.82, 2.24) is 9.55 Å². The molecule has 0 bridgehead atoms. The van der Waals surface area contributed by atoms with Gasteiger partial charge in [-0.15, -0.1) is 0 Å². The first kappa shape index (κ1) is 20.4. The molecule has 0 spiro atoms. The van der Waals surface area contributed by atoms with Gasteiger partial charge in [-0.1, -0.05) is 37.3 Å². The van der Waals surface area contributed by atoms with E-state index in [-0.39, 0.29) is 11.7 Å². The SMILES string of the molecule is CCC(Cn1ccnc1Cc1ccccc1)C(=O)c1ccc(OC)c2c1CCCC2. The van der Waals surface area contributed by atoms with Gasteiger partial charge < -0.3 is 9.30 Å². The van der Waals surface area contributed by atoms with Crippen molar-refractivity contribution in [3.05, 3.63) is 82.9 Å². The Hall–Kier alpha value is -2.88. The van der Waals surface area contributed by atoms with Crippen molar-refractivity contribution in [2.75, 3.05) is 7.11 Å². The molecule has 3 aromatic rings. The molecular formula is C26H30N2O2. The quantitative estimate of drug-likeness (QED) is 0.482. The Bertz CT molecular complexity index is 1010. The highest BCUT2D eigenvalue weighted by Gasteiger charge is 2.26. The predicted octanol–water partition coefficient (Wildman–Crippen LogP) is 5.27. The fourth-order valence-electron chi connectivity index (χ4n) is 4.56. The number of ether oxygens (including phenoxy) is 1. The molecule has 1 atom stereocenters. The third-order valence-corrected chi connectivity index (χ3v) is 6.26. The van der Waals surface area contributed by atoms with Gasteiger partial charge in [0, 0.05) is 36.8 Å². The number of rotatable bonds is 8. The zero-order valence-corrected chi connectivity index (χ0v) is 17.9. The third kappa shape index (κ3) is 4.18. The summed E-state index contributed by atoms with van der Waals surface area (Å²) in [4.78, 5) is 18.1. The van der Waals surface area contributed by atoms with Crippen molar-refractivity contribution < 1.29 is 9.53 Å². The van der Waals surface area contributed by atoms with Crippen LogP contribution in [-0.2, 0) is 25.8 Å². The lowest BCUT2D eigenvalue weighted by Crippen LogP contribution is -2.23. The van der Waals surface area contributed by atoms with Crippen LogP contribution in [0, 0.1) is 5.92 Å². The van der Waals surface area contributed by atoms with Gasteiger partial charge in [-0.3, -0.25) is 4.79 Å². The Kier molecular flexibility index (Phi) is 6.32. The standard InChI is InChI=1S/C26H30N2O2/c1-3-20(18-28-16-15-27-25(28)17-19-9-5-4-6-10-19)26(29)23-13-14-24(30-2)22-12-8-7-11-21(22)23/h4-6,9-10,13-16,20H,3,7-8,11-12,17-18H2,1-2H3. The highest BCUT2D eigenvalue weighted by atomic mass is 16.5. The lowest BCUT2D eigenvalue weighted by molar-refractivity contribution is 0.0901. The summed E-state index contributed by atoms with van der Waals surface area (Å²) < 4.78 is 7.72. The normalized spacial score (nSPS) is 14.2. The van der Waals surface area contributed by atoms with Crippen molar-refractivity contribution >= 4 is 5.78 Å². The Morgan fingerprint density at radius 3 is 2.60 bits per heavy atom. The summed E-state index contributed by atoms with van der Waals surface area (Å²) in [6.45, 7) is 2.77. The van der Waals surface area contributed by atoms with Crippen LogP contribution in [0.4, 0.5) is 0 Å². The summed E-state index contributed by atoms with van der Waals surface area (Å²) in [6, 6.07) is 14.3. The van der Waals surface area contributed by atoms with Crippen molar-refractivity contribution in [3.8, 4) is 5.75 Å². The van der Waals surface area contributed by atoms with Gasteiger partial charge in [-0.2, -0.15) is 0 Å². The molecule has 0 radical (unpaired) electrons. The molecule has 0 N–H and O–H groups in total. The van der Waals surface area contributed by atoms with Crippen molar-refractivity contribution in [2.45, 2.75) is 52.0 Å². The maximum absolute atomic E-state index is 13.6. The minimum absolute atomic E-state index is 0.0619. The Balaban J connectivity index is 1.57. The summed E-state index contributed by atoms with van der Waals surface area (Å²) in [6.07, 6.45) is 9.69. The number of aromatic nitrogens is 2. The van der Waals surface area contributed by atoms with E-state index in [1.54, 1.807) is 7.11 Å². The highest BCUT2D eigenvalue weighted by molar-refractivity contribution is 5.99. The van der Waals surface area contributed by atoms with E-state index in [1.807, 2.05) is 42.7 Å². The number of methoxy groups -OCH3 is 1. The molecule has 1 aliphatic rings. The molecule has 4 rings (SSSR count). The largest absolute Gasteiger partial charge is 0.496 e. The van der Waals surface area contributed by atoms with E-state index in [2.05, 4.69) is 28.6 Å². The lowest BCUT2D eigenvalue weighted by atomic mass is 9.83. The number of carbonyl (C=O) groups excluding carboxylic acids is 1. The molecule has 0 saturated heterocycles. The molecule has 0 aliphatic heterocycles. The van der Waals surface area contributed by atoms with E-state index in [0.29, 0.717) is 6.54 Å². The fourth-order valence-corrected chi connectivity index (χ4v) is 4.56. The van der Waals surface area contributed by atoms with Crippen molar-refractivity contribution in [2.24, 2.45) is 5.92 Å². The Morgan fingerprint density at radius 2 is 1.87 bits per heavy atom. The van der Waals surface area contributed by atoms with Crippen molar-refractivity contribution in [3.63, 3.8) is 0 Å². The second-order valence-electron chi connectivity index (χ2n) is 8.11. The van der Waals surface area contributed by atoms with Gasteiger partial charge in [0.15, 0.2) is 5.78 Å². The maximum atomic E-state index is 13.6. The van der Waals surface area contributed by atoms with E-state index in [0.717, 1.165) is 55.7 Å². The number of carbonyl (C=O) groups is 1. The minimum Gasteiger partial charge on any atom is -0.496 e. The van der Waals surface area contributed by atoms with Crippen LogP contribution in [-0.4, -0.2) is 22.4 Å². The molecule has 1 aliphatic carbocycles. The van der Waals surface area contributed by atoms with Crippen molar-refractivity contribution in [1.29, 1.82) is 0 Å². The lowest BCUT2D eigenvalue weighted by Gasteiger charge is -2.24. The van der Waals surface area contributed by atoms with E-state index < -0.39 is 0 Å². The number of imidazole rings is 1. The molecule has 0 amide bonds. The van der Waals surface area contributed by atoms with Crippen LogP contribution in [0.5, 0.6) is 5.75 Å². The summed E-state index contributed by atoms with van der Waals surface area (Å²) in [5.74, 6) is 2.11. The maximum Gasteiger partial charge on any atom is 0.168 e. The van der Waals surface area contributed by atoms with Gasteiger partial charge in [0.25, 0.3) is 0 Å². The highest BCUT2D eigenvalue weighted by Crippen LogP contribution is 2.33. The van der Waals surface area contributed by atoms with Gasteiger partial charge in [0.05, 0.1) is 7.11 Å². The van der Waals surface area contributed by atoms with Crippen LogP contribution in [0.15, 0.2) is 54.9 Å². The average Bonchev–Trinajstić information content (AvgIpc) is 3.23. The first-order chi connectivity index (χ1) is 14.7. The second-order valence-corrected chi connectivity index (χ2v) is 8.11. The molecule has 1 aromatic heterocycles. The molecule has 156 valence electrons. The van der Waals surface area contributed by atoms with Gasteiger partial charge in [0.1, 0.15) is 11.6 Å². The number of hydrogen-bond acceptors (Lipinski definition) is 3. The first-order valence-corrected chi connectivity index (χ1v) is 11.0. The fraction of sp³-hybridized carbons (Fsp3) is 0.385. The smallest absolute Gasteiger partial charge is 0.168 e. The monoisotopic (exact) mass is 402 g/mol. The minimum atomic E-state index is -0.0619. The number of ketones is 1. The molecule has 30 heavy (non-hydrogen) atoms. The van der Waals surface area contributed by atoms with Crippen LogP contribution in [0.1, 0.15) is 59.1 Å². The molecule has 1 unspecified atom stereocenters. The first-order valence-electron chi connectivity index (χ1n) is 11.0. The van der Waals surface area contributed by atoms with Crippen LogP contribution < -0.4 is 4.74 Å². The van der Waals surface area contributed by atoms with E-state index in [1.165, 1.54) is 16.7 Å². The molecule has 1 heterocycles. The van der Waals surface area contributed by atoms with Crippen LogP contribution in [0.2, 0.25) is 0 Å². The van der Waals surface area contributed by atoms with Gasteiger partial charge in [0.2, 0.25) is 0 Å². The van der Waals surface area contributed by atoms with Crippen LogP contribution >= 0.6 is 0 Å².